The lowest BCUT2D eigenvalue weighted by atomic mass is 10.0. The molecule has 0 bridgehead atoms. The van der Waals surface area contributed by atoms with E-state index in [9.17, 15) is 22.4 Å². The quantitative estimate of drug-likeness (QED) is 0.189. The van der Waals surface area contributed by atoms with Crippen molar-refractivity contribution < 1.29 is 27.1 Å². The van der Waals surface area contributed by atoms with Crippen molar-refractivity contribution in [1.29, 1.82) is 0 Å². The van der Waals surface area contributed by atoms with E-state index in [1.54, 1.807) is 48.5 Å². The van der Waals surface area contributed by atoms with Gasteiger partial charge in [-0.2, -0.15) is 0 Å². The molecule has 1 aliphatic carbocycles. The molecule has 0 heterocycles. The average Bonchev–Trinajstić information content (AvgIpc) is 3.59. The molecule has 246 valence electrons. The summed E-state index contributed by atoms with van der Waals surface area (Å²) in [4.78, 5) is 30.2. The molecule has 1 aliphatic rings. The van der Waals surface area contributed by atoms with Crippen molar-refractivity contribution in [2.24, 2.45) is 0 Å². The Hall–Kier alpha value is -4.70. The van der Waals surface area contributed by atoms with E-state index in [2.05, 4.69) is 5.32 Å². The van der Waals surface area contributed by atoms with Gasteiger partial charge in [-0.1, -0.05) is 79.6 Å². The highest BCUT2D eigenvalue weighted by molar-refractivity contribution is 7.92. The number of nitrogens with zero attached hydrogens (tertiary/aromatic N) is 2. The number of rotatable bonds is 13. The molecule has 5 rings (SSSR count). The normalized spacial score (nSPS) is 13.9. The van der Waals surface area contributed by atoms with E-state index in [4.69, 9.17) is 4.74 Å². The number of hydrogen-bond acceptors (Lipinski definition) is 5. The summed E-state index contributed by atoms with van der Waals surface area (Å²) in [5.41, 5.74) is 2.39. The number of aryl methyl sites for hydroxylation is 1. The van der Waals surface area contributed by atoms with Crippen LogP contribution in [0, 0.1) is 12.7 Å². The number of halogens is 1. The van der Waals surface area contributed by atoms with Crippen LogP contribution in [0.5, 0.6) is 5.75 Å². The zero-order chi connectivity index (χ0) is 33.4. The van der Waals surface area contributed by atoms with Gasteiger partial charge in [0.15, 0.2) is 0 Å². The van der Waals surface area contributed by atoms with E-state index in [0.717, 1.165) is 41.1 Å². The van der Waals surface area contributed by atoms with E-state index in [1.807, 2.05) is 37.3 Å². The highest BCUT2D eigenvalue weighted by Gasteiger charge is 2.36. The van der Waals surface area contributed by atoms with Gasteiger partial charge in [-0.25, -0.2) is 12.8 Å². The van der Waals surface area contributed by atoms with Gasteiger partial charge < -0.3 is 15.0 Å². The highest BCUT2D eigenvalue weighted by Crippen LogP contribution is 2.34. The van der Waals surface area contributed by atoms with Gasteiger partial charge in [0.25, 0.3) is 10.0 Å². The molecule has 1 fully saturated rings. The minimum Gasteiger partial charge on any atom is -0.495 e. The summed E-state index contributed by atoms with van der Waals surface area (Å²) < 4.78 is 49.1. The van der Waals surface area contributed by atoms with Gasteiger partial charge in [-0.15, -0.1) is 0 Å². The number of methoxy groups -OCH3 is 1. The fourth-order valence-electron chi connectivity index (χ4n) is 5.94. The van der Waals surface area contributed by atoms with Crippen LogP contribution in [0.3, 0.4) is 0 Å². The minimum absolute atomic E-state index is 0.00116. The fraction of sp³-hybridized carbons (Fsp3) is 0.297. The fourth-order valence-corrected chi connectivity index (χ4v) is 7.37. The van der Waals surface area contributed by atoms with E-state index in [-0.39, 0.29) is 41.2 Å². The Morgan fingerprint density at radius 3 is 2.17 bits per heavy atom. The number of sulfonamides is 1. The van der Waals surface area contributed by atoms with Gasteiger partial charge in [0.1, 0.15) is 24.2 Å². The van der Waals surface area contributed by atoms with Crippen LogP contribution in [0.2, 0.25) is 0 Å². The van der Waals surface area contributed by atoms with Crippen molar-refractivity contribution in [3.05, 3.63) is 126 Å². The third-order valence-electron chi connectivity index (χ3n) is 8.45. The van der Waals surface area contributed by atoms with Gasteiger partial charge in [0.05, 0.1) is 17.7 Å². The van der Waals surface area contributed by atoms with Crippen LogP contribution in [0.1, 0.15) is 42.4 Å². The zero-order valence-electron chi connectivity index (χ0n) is 26.6. The second-order valence-corrected chi connectivity index (χ2v) is 13.7. The Labute approximate surface area is 276 Å². The molecule has 4 aromatic carbocycles. The lowest BCUT2D eigenvalue weighted by molar-refractivity contribution is -0.140. The zero-order valence-corrected chi connectivity index (χ0v) is 27.5. The van der Waals surface area contributed by atoms with Crippen LogP contribution in [0.4, 0.5) is 10.1 Å². The van der Waals surface area contributed by atoms with Crippen LogP contribution in [0.25, 0.3) is 0 Å². The van der Waals surface area contributed by atoms with Gasteiger partial charge >= 0.3 is 0 Å². The number of hydrogen-bond donors (Lipinski definition) is 1. The summed E-state index contributed by atoms with van der Waals surface area (Å²) >= 11 is 0. The van der Waals surface area contributed by atoms with Crippen LogP contribution in [-0.4, -0.2) is 50.9 Å². The number of anilines is 1. The van der Waals surface area contributed by atoms with Crippen LogP contribution in [-0.2, 0) is 32.6 Å². The highest BCUT2D eigenvalue weighted by atomic mass is 32.2. The second kappa shape index (κ2) is 15.3. The number of ether oxygens (including phenoxy) is 1. The van der Waals surface area contributed by atoms with E-state index in [1.165, 1.54) is 36.3 Å². The number of benzene rings is 4. The summed E-state index contributed by atoms with van der Waals surface area (Å²) in [5.74, 6) is -1.08. The Morgan fingerprint density at radius 1 is 0.894 bits per heavy atom. The summed E-state index contributed by atoms with van der Waals surface area (Å²) in [5, 5.41) is 3.15. The molecule has 0 aromatic heterocycles. The third kappa shape index (κ3) is 8.37. The minimum atomic E-state index is -4.28. The lowest BCUT2D eigenvalue weighted by Gasteiger charge is -2.34. The topological polar surface area (TPSA) is 96.0 Å². The summed E-state index contributed by atoms with van der Waals surface area (Å²) in [6.07, 6.45) is 3.93. The van der Waals surface area contributed by atoms with Crippen LogP contribution < -0.4 is 14.4 Å². The molecule has 0 radical (unpaired) electrons. The molecule has 1 unspecified atom stereocenters. The van der Waals surface area contributed by atoms with Crippen molar-refractivity contribution in [3.63, 3.8) is 0 Å². The first-order valence-electron chi connectivity index (χ1n) is 15.8. The second-order valence-electron chi connectivity index (χ2n) is 11.8. The Morgan fingerprint density at radius 2 is 1.53 bits per heavy atom. The third-order valence-corrected chi connectivity index (χ3v) is 10.2. The predicted molar refractivity (Wildman–Crippen MR) is 180 cm³/mol. The molecule has 4 aromatic rings. The summed E-state index contributed by atoms with van der Waals surface area (Å²) in [6.45, 7) is 1.17. The standard InChI is InChI=1S/C37H40FN3O5S/c1-27-17-22-35(46-2)33(23-27)41(47(44,45)32-15-7-4-8-16-32)26-36(42)40(25-29-18-20-30(38)21-19-29)34(24-28-11-5-3-6-12-28)37(43)39-31-13-9-10-14-31/h3-8,11-12,15-23,31,34H,9-10,13-14,24-26H2,1-2H3,(H,39,43). The first-order chi connectivity index (χ1) is 22.7. The molecule has 0 saturated heterocycles. The van der Waals surface area contributed by atoms with Gasteiger partial charge in [-0.05, 0) is 72.9 Å². The Kier molecular flexibility index (Phi) is 10.9. The molecule has 47 heavy (non-hydrogen) atoms. The van der Waals surface area contributed by atoms with Gasteiger partial charge in [-0.3, -0.25) is 13.9 Å². The van der Waals surface area contributed by atoms with Gasteiger partial charge in [0, 0.05) is 19.0 Å². The van der Waals surface area contributed by atoms with Gasteiger partial charge in [0.2, 0.25) is 11.8 Å². The van der Waals surface area contributed by atoms with Crippen LogP contribution >= 0.6 is 0 Å². The number of carbonyl (C=O) groups is 2. The molecule has 2 amide bonds. The number of nitrogens with one attached hydrogen (secondary N) is 1. The Balaban J connectivity index is 1.59. The van der Waals surface area contributed by atoms with Crippen molar-refractivity contribution in [2.75, 3.05) is 18.0 Å². The van der Waals surface area contributed by atoms with Crippen molar-refractivity contribution in [1.82, 2.24) is 10.2 Å². The first-order valence-corrected chi connectivity index (χ1v) is 17.2. The molecule has 8 nitrogen and oxygen atoms in total. The van der Waals surface area contributed by atoms with Crippen LogP contribution in [0.15, 0.2) is 108 Å². The maximum Gasteiger partial charge on any atom is 0.264 e. The molecule has 0 spiro atoms. The first kappa shape index (κ1) is 33.7. The average molecular weight is 658 g/mol. The smallest absolute Gasteiger partial charge is 0.264 e. The van der Waals surface area contributed by atoms with Crippen molar-refractivity contribution in [3.8, 4) is 5.75 Å². The SMILES string of the molecule is COc1ccc(C)cc1N(CC(=O)N(Cc1ccc(F)cc1)C(Cc1ccccc1)C(=O)NC1CCCC1)S(=O)(=O)c1ccccc1. The van der Waals surface area contributed by atoms with E-state index in [0.29, 0.717) is 5.56 Å². The number of carbonyl (C=O) groups excluding carboxylic acids is 2. The van der Waals surface area contributed by atoms with Crippen molar-refractivity contribution in [2.45, 2.75) is 62.6 Å². The largest absolute Gasteiger partial charge is 0.495 e. The molecular formula is C37H40FN3O5S. The van der Waals surface area contributed by atoms with E-state index >= 15 is 0 Å². The summed E-state index contributed by atoms with van der Waals surface area (Å²) in [6, 6.07) is 27.1. The molecule has 1 atom stereocenters. The maximum absolute atomic E-state index is 14.7. The number of amides is 2. The molecule has 0 aliphatic heterocycles. The molecule has 1 saturated carbocycles. The monoisotopic (exact) mass is 657 g/mol. The molecule has 1 N–H and O–H groups in total. The maximum atomic E-state index is 14.7. The lowest BCUT2D eigenvalue weighted by Crippen LogP contribution is -2.54. The molecular weight excluding hydrogens is 617 g/mol. The Bertz CT molecular complexity index is 1760. The predicted octanol–water partition coefficient (Wildman–Crippen LogP) is 6.04. The van der Waals surface area contributed by atoms with Crippen molar-refractivity contribution >= 4 is 27.5 Å². The molecule has 10 heteroatoms. The van der Waals surface area contributed by atoms with E-state index < -0.39 is 34.3 Å². The summed E-state index contributed by atoms with van der Waals surface area (Å²) in [7, 11) is -2.84.